The van der Waals surface area contributed by atoms with Crippen LogP contribution in [0.1, 0.15) is 128 Å². The summed E-state index contributed by atoms with van der Waals surface area (Å²) in [6.07, 6.45) is 20.0. The first-order valence-corrected chi connectivity index (χ1v) is 15.0. The second-order valence-corrected chi connectivity index (χ2v) is 10.3. The monoisotopic (exact) mass is 546 g/mol. The number of nitrogens with zero attached hydrogens (tertiary/aromatic N) is 2. The minimum absolute atomic E-state index is 0. The summed E-state index contributed by atoms with van der Waals surface area (Å²) in [6.45, 7) is 11.3. The Kier molecular flexibility index (Phi) is 18.2. The van der Waals surface area contributed by atoms with Gasteiger partial charge in [0.15, 0.2) is 0 Å². The summed E-state index contributed by atoms with van der Waals surface area (Å²) in [6, 6.07) is 13.7. The van der Waals surface area contributed by atoms with Crippen LogP contribution in [0.25, 0.3) is 0 Å². The Labute approximate surface area is 238 Å². The van der Waals surface area contributed by atoms with Crippen molar-refractivity contribution in [2.24, 2.45) is 9.98 Å². The average Bonchev–Trinajstić information content (AvgIpc) is 2.88. The molecule has 2 aromatic carbocycles. The van der Waals surface area contributed by atoms with Gasteiger partial charge in [-0.2, -0.15) is 0 Å². The van der Waals surface area contributed by atoms with Crippen molar-refractivity contribution in [3.63, 3.8) is 0 Å². The van der Waals surface area contributed by atoms with Crippen molar-refractivity contribution in [1.82, 2.24) is 0 Å². The first kappa shape index (κ1) is 33.3. The van der Waals surface area contributed by atoms with Crippen LogP contribution in [-0.2, 0) is 42.2 Å². The van der Waals surface area contributed by atoms with E-state index in [1.807, 2.05) is 6.21 Å². The van der Waals surface area contributed by atoms with Crippen LogP contribution in [0.4, 0.5) is 11.4 Å². The number of unbranched alkanes of at least 4 members (excludes halogenated alkanes) is 5. The first-order valence-electron chi connectivity index (χ1n) is 15.0. The Balaban J connectivity index is 0.00000684. The predicted molar refractivity (Wildman–Crippen MR) is 162 cm³/mol. The predicted octanol–water partition coefficient (Wildman–Crippen LogP) is 10.7. The summed E-state index contributed by atoms with van der Waals surface area (Å²) in [5.74, 6) is 0. The molecular formula is C34H52N2Ni. The van der Waals surface area contributed by atoms with E-state index in [-0.39, 0.29) is 16.5 Å². The molecule has 0 saturated heterocycles. The third-order valence-electron chi connectivity index (χ3n) is 6.94. The third-order valence-corrected chi connectivity index (χ3v) is 6.94. The van der Waals surface area contributed by atoms with E-state index in [4.69, 9.17) is 9.98 Å². The van der Waals surface area contributed by atoms with Crippen molar-refractivity contribution in [3.8, 4) is 0 Å². The zero-order valence-corrected chi connectivity index (χ0v) is 25.3. The van der Waals surface area contributed by atoms with E-state index in [1.165, 1.54) is 86.5 Å². The first-order chi connectivity index (χ1) is 17.6. The second kappa shape index (κ2) is 20.3. The van der Waals surface area contributed by atoms with E-state index in [9.17, 15) is 0 Å². The molecule has 2 aromatic rings. The summed E-state index contributed by atoms with van der Waals surface area (Å²) in [7, 11) is 0. The van der Waals surface area contributed by atoms with E-state index in [1.54, 1.807) is 0 Å². The summed E-state index contributed by atoms with van der Waals surface area (Å²) in [5, 5.41) is 0. The van der Waals surface area contributed by atoms with Gasteiger partial charge in [0, 0.05) is 22.7 Å². The van der Waals surface area contributed by atoms with E-state index in [2.05, 4.69) is 71.0 Å². The fourth-order valence-electron chi connectivity index (χ4n) is 4.82. The molecule has 37 heavy (non-hydrogen) atoms. The average molecular weight is 547 g/mol. The number of hydrogen-bond donors (Lipinski definition) is 0. The molecule has 2 rings (SSSR count). The molecule has 208 valence electrons. The molecular weight excluding hydrogens is 495 g/mol. The molecule has 0 spiro atoms. The molecule has 0 unspecified atom stereocenters. The molecule has 0 bridgehead atoms. The van der Waals surface area contributed by atoms with Crippen LogP contribution in [0.15, 0.2) is 46.4 Å². The fourth-order valence-corrected chi connectivity index (χ4v) is 4.82. The maximum Gasteiger partial charge on any atom is 0.0636 e. The van der Waals surface area contributed by atoms with Crippen molar-refractivity contribution in [3.05, 3.63) is 58.7 Å². The number of aryl methyl sites for hydroxylation is 4. The molecule has 0 N–H and O–H groups in total. The molecule has 3 heteroatoms. The van der Waals surface area contributed by atoms with Crippen LogP contribution in [0.3, 0.4) is 0 Å². The van der Waals surface area contributed by atoms with Gasteiger partial charge in [0.1, 0.15) is 0 Å². The van der Waals surface area contributed by atoms with E-state index >= 15 is 0 Å². The second-order valence-electron chi connectivity index (χ2n) is 10.3. The third kappa shape index (κ3) is 12.6. The molecule has 0 aliphatic heterocycles. The van der Waals surface area contributed by atoms with Crippen molar-refractivity contribution >= 4 is 23.3 Å². The molecule has 0 fully saturated rings. The van der Waals surface area contributed by atoms with Crippen LogP contribution in [-0.4, -0.2) is 11.9 Å². The Morgan fingerprint density at radius 2 is 1.08 bits per heavy atom. The Morgan fingerprint density at radius 3 is 1.70 bits per heavy atom. The maximum atomic E-state index is 5.07. The van der Waals surface area contributed by atoms with Gasteiger partial charge in [-0.1, -0.05) is 91.7 Å². The van der Waals surface area contributed by atoms with Crippen molar-refractivity contribution in [2.75, 3.05) is 0 Å². The molecule has 0 aliphatic carbocycles. The summed E-state index contributed by atoms with van der Waals surface area (Å²) < 4.78 is 0. The van der Waals surface area contributed by atoms with Crippen LogP contribution >= 0.6 is 0 Å². The minimum Gasteiger partial charge on any atom is -0.255 e. The molecule has 0 aliphatic rings. The topological polar surface area (TPSA) is 24.7 Å². The SMILES string of the molecule is CCCCCc1ccc(N=CC(CCCC)=Nc2ccc(CCC)c(CCC)c2)cc1CCCCC.[Ni]. The summed E-state index contributed by atoms with van der Waals surface area (Å²) in [4.78, 5) is 10.0. The Morgan fingerprint density at radius 1 is 0.568 bits per heavy atom. The van der Waals surface area contributed by atoms with E-state index in [0.717, 1.165) is 49.2 Å². The zero-order chi connectivity index (χ0) is 26.0. The smallest absolute Gasteiger partial charge is 0.0636 e. The van der Waals surface area contributed by atoms with Crippen LogP contribution in [0.2, 0.25) is 0 Å². The number of benzene rings is 2. The van der Waals surface area contributed by atoms with Crippen molar-refractivity contribution in [1.29, 1.82) is 0 Å². The fraction of sp³-hybridized carbons (Fsp3) is 0.588. The Bertz CT molecular complexity index is 945. The van der Waals surface area contributed by atoms with Gasteiger partial charge in [0.25, 0.3) is 0 Å². The van der Waals surface area contributed by atoms with E-state index in [0.29, 0.717) is 0 Å². The normalized spacial score (nSPS) is 11.8. The number of aliphatic imine (C=N–C) groups is 2. The van der Waals surface area contributed by atoms with Crippen LogP contribution in [0, 0.1) is 0 Å². The van der Waals surface area contributed by atoms with Gasteiger partial charge in [-0.05, 0) is 97.9 Å². The standard InChI is InChI=1S/C34H52N2.Ni/c1-6-11-14-18-29-21-23-32(25-31(29)19-15-12-7-2)35-27-34(20-13-8-3)36-33-24-22-28(16-9-4)30(26-33)17-10-5;/h21-27H,6-20H2,1-5H3;. The van der Waals surface area contributed by atoms with Gasteiger partial charge >= 0.3 is 0 Å². The Hall–Kier alpha value is -1.73. The maximum absolute atomic E-state index is 5.07. The zero-order valence-electron chi connectivity index (χ0n) is 24.4. The quantitative estimate of drug-likeness (QED) is 0.101. The largest absolute Gasteiger partial charge is 0.255 e. The molecule has 0 amide bonds. The van der Waals surface area contributed by atoms with Gasteiger partial charge < -0.3 is 0 Å². The van der Waals surface area contributed by atoms with Gasteiger partial charge in [-0.15, -0.1) is 0 Å². The molecule has 0 heterocycles. The minimum atomic E-state index is 0. The molecule has 0 radical (unpaired) electrons. The molecule has 2 nitrogen and oxygen atoms in total. The van der Waals surface area contributed by atoms with Gasteiger partial charge in [0.2, 0.25) is 0 Å². The van der Waals surface area contributed by atoms with Gasteiger partial charge in [-0.3, -0.25) is 9.98 Å². The van der Waals surface area contributed by atoms with Crippen LogP contribution in [0.5, 0.6) is 0 Å². The van der Waals surface area contributed by atoms with Crippen LogP contribution < -0.4 is 0 Å². The molecule has 0 aromatic heterocycles. The summed E-state index contributed by atoms with van der Waals surface area (Å²) >= 11 is 0. The summed E-state index contributed by atoms with van der Waals surface area (Å²) in [5.41, 5.74) is 9.19. The van der Waals surface area contributed by atoms with Gasteiger partial charge in [-0.25, -0.2) is 0 Å². The molecule has 0 saturated carbocycles. The van der Waals surface area contributed by atoms with Crippen molar-refractivity contribution < 1.29 is 16.5 Å². The number of rotatable bonds is 18. The van der Waals surface area contributed by atoms with E-state index < -0.39 is 0 Å². The molecule has 0 atom stereocenters. The van der Waals surface area contributed by atoms with Gasteiger partial charge in [0.05, 0.1) is 17.1 Å². The number of hydrogen-bond acceptors (Lipinski definition) is 2. The van der Waals surface area contributed by atoms with Crippen molar-refractivity contribution in [2.45, 2.75) is 131 Å².